The van der Waals surface area contributed by atoms with Crippen molar-refractivity contribution in [2.75, 3.05) is 35.4 Å². The highest BCUT2D eigenvalue weighted by Gasteiger charge is 2.35. The largest absolute Gasteiger partial charge is 0.381 e. The van der Waals surface area contributed by atoms with E-state index < -0.39 is 6.10 Å². The fraction of sp³-hybridized carbons (Fsp3) is 0.571. The van der Waals surface area contributed by atoms with Gasteiger partial charge in [-0.25, -0.2) is 4.98 Å². The van der Waals surface area contributed by atoms with E-state index in [1.54, 1.807) is 13.3 Å². The maximum absolute atomic E-state index is 13.9. The summed E-state index contributed by atoms with van der Waals surface area (Å²) in [6.45, 7) is 8.10. The number of nitrogens with one attached hydrogen (secondary N) is 1. The number of pyridine rings is 1. The lowest BCUT2D eigenvalue weighted by Gasteiger charge is -2.39. The topological polar surface area (TPSA) is 76.2 Å². The molecule has 36 heavy (non-hydrogen) atoms. The number of aromatic nitrogens is 1. The minimum absolute atomic E-state index is 0.0129. The van der Waals surface area contributed by atoms with Crippen LogP contribution in [-0.4, -0.2) is 61.6 Å². The van der Waals surface area contributed by atoms with Crippen molar-refractivity contribution in [1.29, 1.82) is 0 Å². The third-order valence-electron chi connectivity index (χ3n) is 7.48. The number of hydrogen-bond donors (Lipinski definition) is 1. The van der Waals surface area contributed by atoms with Gasteiger partial charge in [0.25, 0.3) is 5.91 Å². The van der Waals surface area contributed by atoms with E-state index in [0.717, 1.165) is 54.3 Å². The Balaban J connectivity index is 1.43. The number of carbonyl (C=O) groups is 1. The lowest BCUT2D eigenvalue weighted by atomic mass is 9.99. The fourth-order valence-electron chi connectivity index (χ4n) is 5.60. The van der Waals surface area contributed by atoms with Crippen LogP contribution in [-0.2, 0) is 25.5 Å². The molecular weight excluding hydrogens is 456 g/mol. The minimum Gasteiger partial charge on any atom is -0.381 e. The van der Waals surface area contributed by atoms with Gasteiger partial charge in [-0.3, -0.25) is 4.79 Å². The first kappa shape index (κ1) is 25.0. The summed E-state index contributed by atoms with van der Waals surface area (Å²) in [6.07, 6.45) is 5.22. The highest BCUT2D eigenvalue weighted by atomic mass is 16.5. The molecule has 3 aliphatic heterocycles. The van der Waals surface area contributed by atoms with Crippen LogP contribution in [0.4, 0.5) is 22.9 Å². The SMILES string of the molecule is CO[C@H]1CCN(c2ccc3c(c2)N(C(=O)[C@H]2CC[C@H](OC(C)C)CO2)Cc2cccnc2N3)[C@H](C)C1. The van der Waals surface area contributed by atoms with Crippen molar-refractivity contribution in [3.8, 4) is 0 Å². The van der Waals surface area contributed by atoms with Crippen LogP contribution in [0.15, 0.2) is 36.5 Å². The van der Waals surface area contributed by atoms with Crippen LogP contribution in [0.1, 0.15) is 52.0 Å². The van der Waals surface area contributed by atoms with Gasteiger partial charge in [0, 0.05) is 37.1 Å². The van der Waals surface area contributed by atoms with Crippen LogP contribution in [0.2, 0.25) is 0 Å². The van der Waals surface area contributed by atoms with Gasteiger partial charge in [-0.2, -0.15) is 0 Å². The molecule has 2 fully saturated rings. The van der Waals surface area contributed by atoms with Crippen LogP contribution < -0.4 is 15.1 Å². The molecule has 2 saturated heterocycles. The lowest BCUT2D eigenvalue weighted by Crippen LogP contribution is -2.45. The number of amides is 1. The highest BCUT2D eigenvalue weighted by Crippen LogP contribution is 2.39. The van der Waals surface area contributed by atoms with Crippen molar-refractivity contribution in [1.82, 2.24) is 4.98 Å². The van der Waals surface area contributed by atoms with Crippen LogP contribution in [0, 0.1) is 0 Å². The number of rotatable bonds is 5. The maximum Gasteiger partial charge on any atom is 0.256 e. The number of hydrogen-bond acceptors (Lipinski definition) is 7. The van der Waals surface area contributed by atoms with Gasteiger partial charge in [-0.15, -0.1) is 0 Å². The molecule has 1 amide bonds. The number of nitrogens with zero attached hydrogens (tertiary/aromatic N) is 3. The molecule has 8 heteroatoms. The molecule has 2 aromatic rings. The summed E-state index contributed by atoms with van der Waals surface area (Å²) >= 11 is 0. The zero-order valence-electron chi connectivity index (χ0n) is 21.8. The monoisotopic (exact) mass is 494 g/mol. The number of anilines is 4. The second kappa shape index (κ2) is 10.7. The molecule has 1 N–H and O–H groups in total. The zero-order valence-corrected chi connectivity index (χ0v) is 21.8. The molecule has 194 valence electrons. The van der Waals surface area contributed by atoms with Crippen molar-refractivity contribution in [3.05, 3.63) is 42.1 Å². The third kappa shape index (κ3) is 5.21. The van der Waals surface area contributed by atoms with Gasteiger partial charge in [0.2, 0.25) is 0 Å². The molecule has 1 aromatic carbocycles. The van der Waals surface area contributed by atoms with E-state index in [0.29, 0.717) is 31.7 Å². The zero-order chi connectivity index (χ0) is 25.2. The minimum atomic E-state index is -0.483. The Labute approximate surface area is 213 Å². The van der Waals surface area contributed by atoms with Crippen LogP contribution in [0.5, 0.6) is 0 Å². The van der Waals surface area contributed by atoms with Gasteiger partial charge < -0.3 is 29.3 Å². The Morgan fingerprint density at radius 1 is 1.19 bits per heavy atom. The van der Waals surface area contributed by atoms with Crippen molar-refractivity contribution in [2.45, 2.75) is 83.5 Å². The molecule has 0 unspecified atom stereocenters. The summed E-state index contributed by atoms with van der Waals surface area (Å²) in [7, 11) is 1.79. The summed E-state index contributed by atoms with van der Waals surface area (Å²) in [6, 6.07) is 10.6. The fourth-order valence-corrected chi connectivity index (χ4v) is 5.60. The van der Waals surface area contributed by atoms with E-state index in [2.05, 4.69) is 40.3 Å². The molecule has 1 aromatic heterocycles. The summed E-state index contributed by atoms with van der Waals surface area (Å²) in [5.41, 5.74) is 3.83. The molecule has 0 radical (unpaired) electrons. The normalized spacial score (nSPS) is 26.1. The molecule has 3 aliphatic rings. The van der Waals surface area contributed by atoms with Gasteiger partial charge in [-0.05, 0) is 70.7 Å². The number of carbonyl (C=O) groups excluding carboxylic acids is 1. The van der Waals surface area contributed by atoms with Gasteiger partial charge in [0.1, 0.15) is 11.9 Å². The Bertz CT molecular complexity index is 1070. The van der Waals surface area contributed by atoms with Gasteiger partial charge in [-0.1, -0.05) is 6.07 Å². The van der Waals surface area contributed by atoms with Crippen molar-refractivity contribution in [3.63, 3.8) is 0 Å². The van der Waals surface area contributed by atoms with Crippen LogP contribution in [0.25, 0.3) is 0 Å². The average molecular weight is 495 g/mol. The number of fused-ring (bicyclic) bond motifs is 2. The smallest absolute Gasteiger partial charge is 0.256 e. The molecule has 4 heterocycles. The third-order valence-corrected chi connectivity index (χ3v) is 7.48. The first-order valence-corrected chi connectivity index (χ1v) is 13.2. The lowest BCUT2D eigenvalue weighted by molar-refractivity contribution is -0.143. The van der Waals surface area contributed by atoms with E-state index in [9.17, 15) is 4.79 Å². The molecule has 0 spiro atoms. The Morgan fingerprint density at radius 2 is 2.06 bits per heavy atom. The van der Waals surface area contributed by atoms with Gasteiger partial charge >= 0.3 is 0 Å². The number of methoxy groups -OCH3 is 1. The highest BCUT2D eigenvalue weighted by molar-refractivity contribution is 6.01. The molecular formula is C28H38N4O4. The second-order valence-corrected chi connectivity index (χ2v) is 10.4. The van der Waals surface area contributed by atoms with Crippen LogP contribution >= 0.6 is 0 Å². The van der Waals surface area contributed by atoms with E-state index >= 15 is 0 Å². The van der Waals surface area contributed by atoms with E-state index in [-0.39, 0.29) is 18.1 Å². The number of piperidine rings is 1. The Hall–Kier alpha value is -2.68. The second-order valence-electron chi connectivity index (χ2n) is 10.4. The van der Waals surface area contributed by atoms with Gasteiger partial charge in [0.15, 0.2) is 0 Å². The summed E-state index contributed by atoms with van der Waals surface area (Å²) in [4.78, 5) is 22.8. The number of benzene rings is 1. The average Bonchev–Trinajstić information content (AvgIpc) is 3.04. The van der Waals surface area contributed by atoms with E-state index in [1.165, 1.54) is 0 Å². The van der Waals surface area contributed by atoms with Crippen molar-refractivity contribution in [2.24, 2.45) is 0 Å². The van der Waals surface area contributed by atoms with Crippen LogP contribution in [0.3, 0.4) is 0 Å². The molecule has 0 saturated carbocycles. The Morgan fingerprint density at radius 3 is 2.78 bits per heavy atom. The van der Waals surface area contributed by atoms with Gasteiger partial charge in [0.05, 0.1) is 42.8 Å². The summed E-state index contributed by atoms with van der Waals surface area (Å²) < 4.78 is 17.6. The first-order valence-electron chi connectivity index (χ1n) is 13.2. The summed E-state index contributed by atoms with van der Waals surface area (Å²) in [5, 5.41) is 3.47. The van der Waals surface area contributed by atoms with E-state index in [1.807, 2.05) is 30.9 Å². The maximum atomic E-state index is 13.9. The standard InChI is InChI=1S/C28H38N4O4/c1-18(2)36-23-8-10-26(35-17-23)28(33)32-16-20-6-5-12-29-27(20)30-24-9-7-21(15-25(24)32)31-13-11-22(34-4)14-19(31)3/h5-7,9,12,15,18-19,22-23,26H,8,10-11,13-14,16-17H2,1-4H3,(H,29,30)/t19-,22+,23+,26-/m1/s1. The molecule has 0 bridgehead atoms. The number of ether oxygens (including phenoxy) is 3. The van der Waals surface area contributed by atoms with E-state index in [4.69, 9.17) is 14.2 Å². The Kier molecular flexibility index (Phi) is 7.46. The predicted octanol–water partition coefficient (Wildman–Crippen LogP) is 4.65. The van der Waals surface area contributed by atoms with Crippen molar-refractivity contribution < 1.29 is 19.0 Å². The molecule has 4 atom stereocenters. The summed E-state index contributed by atoms with van der Waals surface area (Å²) in [5.74, 6) is 0.770. The predicted molar refractivity (Wildman–Crippen MR) is 141 cm³/mol. The molecule has 0 aliphatic carbocycles. The molecule has 8 nitrogen and oxygen atoms in total. The van der Waals surface area contributed by atoms with Crippen molar-refractivity contribution >= 4 is 28.8 Å². The quantitative estimate of drug-likeness (QED) is 0.649. The molecule has 5 rings (SSSR count). The first-order chi connectivity index (χ1) is 17.4.